The quantitative estimate of drug-likeness (QED) is 0.374. The van der Waals surface area contributed by atoms with E-state index in [1.54, 1.807) is 6.20 Å². The Morgan fingerprint density at radius 3 is 2.67 bits per heavy atom. The van der Waals surface area contributed by atoms with Gasteiger partial charge in [0.1, 0.15) is 16.2 Å². The molecule has 0 saturated carbocycles. The Labute approximate surface area is 169 Å². The number of carbonyl (C=O) groups is 1. The van der Waals surface area contributed by atoms with Crippen molar-refractivity contribution in [3.63, 3.8) is 0 Å². The van der Waals surface area contributed by atoms with Crippen molar-refractivity contribution in [1.82, 2.24) is 9.97 Å². The molecule has 0 spiro atoms. The van der Waals surface area contributed by atoms with E-state index in [9.17, 15) is 22.4 Å². The van der Waals surface area contributed by atoms with Gasteiger partial charge in [0.15, 0.2) is 0 Å². The number of aryl methyl sites for hydroxylation is 1. The van der Waals surface area contributed by atoms with Gasteiger partial charge in [0.25, 0.3) is 15.6 Å². The van der Waals surface area contributed by atoms with Crippen LogP contribution in [-0.4, -0.2) is 29.5 Å². The highest BCUT2D eigenvalue weighted by molar-refractivity contribution is 7.92. The number of anilines is 1. The van der Waals surface area contributed by atoms with Crippen molar-refractivity contribution in [2.75, 3.05) is 4.72 Å². The van der Waals surface area contributed by atoms with Gasteiger partial charge >= 0.3 is 5.97 Å². The number of carboxylic acid groups (broad SMARTS) is 1. The fourth-order valence-electron chi connectivity index (χ4n) is 3.37. The van der Waals surface area contributed by atoms with Crippen LogP contribution in [0.4, 0.5) is 10.1 Å². The van der Waals surface area contributed by atoms with Crippen LogP contribution in [0.15, 0.2) is 58.4 Å². The normalized spacial score (nSPS) is 11.8. The molecule has 0 saturated heterocycles. The van der Waals surface area contributed by atoms with Crippen molar-refractivity contribution in [1.29, 1.82) is 0 Å². The summed E-state index contributed by atoms with van der Waals surface area (Å²) in [5.41, 5.74) is 1.13. The van der Waals surface area contributed by atoms with E-state index in [0.717, 1.165) is 12.1 Å². The van der Waals surface area contributed by atoms with Crippen LogP contribution in [0.3, 0.4) is 0 Å². The number of pyridine rings is 1. The van der Waals surface area contributed by atoms with Gasteiger partial charge < -0.3 is 15.1 Å². The first kappa shape index (κ1) is 19.6. The maximum absolute atomic E-state index is 13.9. The zero-order valence-electron chi connectivity index (χ0n) is 15.4. The molecule has 2 heterocycles. The minimum atomic E-state index is -4.17. The van der Waals surface area contributed by atoms with Crippen LogP contribution in [0.25, 0.3) is 21.8 Å². The molecule has 2 aromatic carbocycles. The van der Waals surface area contributed by atoms with Gasteiger partial charge in [0.05, 0.1) is 0 Å². The maximum Gasteiger partial charge on any atom is 0.303 e. The first-order valence-electron chi connectivity index (χ1n) is 8.91. The third-order valence-corrected chi connectivity index (χ3v) is 6.13. The molecule has 8 nitrogen and oxygen atoms in total. The predicted molar refractivity (Wildman–Crippen MR) is 110 cm³/mol. The number of hydrogen-bond acceptors (Lipinski definition) is 4. The number of benzene rings is 2. The smallest absolute Gasteiger partial charge is 0.303 e. The zero-order valence-corrected chi connectivity index (χ0v) is 16.2. The van der Waals surface area contributed by atoms with Crippen molar-refractivity contribution in [2.24, 2.45) is 0 Å². The number of rotatable bonds is 6. The number of nitrogens with one attached hydrogen (secondary N) is 3. The lowest BCUT2D eigenvalue weighted by atomic mass is 10.0. The van der Waals surface area contributed by atoms with Gasteiger partial charge in [0, 0.05) is 34.6 Å². The van der Waals surface area contributed by atoms with Crippen LogP contribution >= 0.6 is 0 Å². The molecule has 0 fully saturated rings. The van der Waals surface area contributed by atoms with Crippen molar-refractivity contribution in [3.8, 4) is 0 Å². The van der Waals surface area contributed by atoms with Crippen molar-refractivity contribution in [2.45, 2.75) is 17.7 Å². The highest BCUT2D eigenvalue weighted by atomic mass is 32.2. The number of sulfonamides is 1. The van der Waals surface area contributed by atoms with E-state index < -0.39 is 26.7 Å². The molecule has 0 amide bonds. The molecule has 10 heteroatoms. The van der Waals surface area contributed by atoms with Crippen LogP contribution < -0.4 is 10.3 Å². The highest BCUT2D eigenvalue weighted by Gasteiger charge is 2.19. The molecule has 154 valence electrons. The van der Waals surface area contributed by atoms with Crippen LogP contribution in [0.5, 0.6) is 0 Å². The van der Waals surface area contributed by atoms with Crippen molar-refractivity contribution >= 4 is 43.5 Å². The Hall–Kier alpha value is -3.66. The second kappa shape index (κ2) is 7.30. The molecule has 30 heavy (non-hydrogen) atoms. The second-order valence-electron chi connectivity index (χ2n) is 6.71. The summed E-state index contributed by atoms with van der Waals surface area (Å²) in [6.45, 7) is 0. The SMILES string of the molecule is O=C(O)CCc1c[nH]c2c(=O)[nH]c3ccc(NS(=O)(=O)c4ccccc4F)cc3c12. The Morgan fingerprint density at radius 2 is 1.93 bits per heavy atom. The molecule has 4 aromatic rings. The Bertz CT molecular complexity index is 1460. The number of hydrogen-bond donors (Lipinski definition) is 4. The summed E-state index contributed by atoms with van der Waals surface area (Å²) in [6, 6.07) is 9.52. The maximum atomic E-state index is 13.9. The van der Waals surface area contributed by atoms with Gasteiger partial charge in [0.2, 0.25) is 0 Å². The van der Waals surface area contributed by atoms with E-state index >= 15 is 0 Å². The van der Waals surface area contributed by atoms with Gasteiger partial charge in [-0.05, 0) is 42.3 Å². The summed E-state index contributed by atoms with van der Waals surface area (Å²) < 4.78 is 41.5. The lowest BCUT2D eigenvalue weighted by Gasteiger charge is -2.10. The number of aromatic amines is 2. The van der Waals surface area contributed by atoms with Crippen LogP contribution in [0, 0.1) is 5.82 Å². The summed E-state index contributed by atoms with van der Waals surface area (Å²) in [7, 11) is -4.17. The Kier molecular flexibility index (Phi) is 4.78. The van der Waals surface area contributed by atoms with Gasteiger partial charge in [-0.25, -0.2) is 12.8 Å². The van der Waals surface area contributed by atoms with E-state index in [-0.39, 0.29) is 29.6 Å². The Balaban J connectivity index is 1.83. The highest BCUT2D eigenvalue weighted by Crippen LogP contribution is 2.29. The summed E-state index contributed by atoms with van der Waals surface area (Å²) in [5.74, 6) is -1.85. The summed E-state index contributed by atoms with van der Waals surface area (Å²) >= 11 is 0. The van der Waals surface area contributed by atoms with Gasteiger partial charge in [-0.15, -0.1) is 0 Å². The number of carboxylic acids is 1. The molecular weight excluding hydrogens is 413 g/mol. The fourth-order valence-corrected chi connectivity index (χ4v) is 4.50. The number of aromatic nitrogens is 2. The third-order valence-electron chi connectivity index (χ3n) is 4.71. The average Bonchev–Trinajstić information content (AvgIpc) is 3.12. The number of H-pyrrole nitrogens is 2. The van der Waals surface area contributed by atoms with Crippen molar-refractivity contribution in [3.05, 3.63) is 70.4 Å². The molecule has 2 aromatic heterocycles. The first-order valence-corrected chi connectivity index (χ1v) is 10.4. The van der Waals surface area contributed by atoms with Crippen LogP contribution in [0.1, 0.15) is 12.0 Å². The monoisotopic (exact) mass is 429 g/mol. The number of fused-ring (bicyclic) bond motifs is 3. The average molecular weight is 429 g/mol. The molecule has 0 aliphatic heterocycles. The van der Waals surface area contributed by atoms with E-state index in [1.165, 1.54) is 30.3 Å². The molecule has 4 N–H and O–H groups in total. The van der Waals surface area contributed by atoms with Gasteiger partial charge in [-0.3, -0.25) is 14.3 Å². The molecule has 4 rings (SSSR count). The molecule has 0 bridgehead atoms. The number of halogens is 1. The molecule has 0 aliphatic rings. The number of aliphatic carboxylic acids is 1. The van der Waals surface area contributed by atoms with Crippen LogP contribution in [-0.2, 0) is 21.2 Å². The van der Waals surface area contributed by atoms with E-state index in [1.807, 2.05) is 0 Å². The third kappa shape index (κ3) is 3.52. The molecule has 0 atom stereocenters. The van der Waals surface area contributed by atoms with Gasteiger partial charge in [-0.1, -0.05) is 12.1 Å². The first-order chi connectivity index (χ1) is 14.3. The summed E-state index contributed by atoms with van der Waals surface area (Å²) in [5, 5.41) is 10.0. The van der Waals surface area contributed by atoms with E-state index in [0.29, 0.717) is 21.9 Å². The van der Waals surface area contributed by atoms with Crippen LogP contribution in [0.2, 0.25) is 0 Å². The standard InChI is InChI=1S/C20H16FN3O5S/c21-14-3-1-2-4-16(14)30(28,29)24-12-6-7-15-13(9-12)18-11(5-8-17(25)26)10-22-19(18)20(27)23-15/h1-4,6-7,9-10,22,24H,5,8H2,(H,23,27)(H,25,26). The molecular formula is C20H16FN3O5S. The summed E-state index contributed by atoms with van der Waals surface area (Å²) in [6.07, 6.45) is 1.64. The predicted octanol–water partition coefficient (Wildman–Crippen LogP) is 2.97. The minimum Gasteiger partial charge on any atom is -0.481 e. The molecule has 0 radical (unpaired) electrons. The summed E-state index contributed by atoms with van der Waals surface area (Å²) in [4.78, 5) is 28.3. The second-order valence-corrected chi connectivity index (χ2v) is 8.36. The lowest BCUT2D eigenvalue weighted by molar-refractivity contribution is -0.136. The topological polar surface area (TPSA) is 132 Å². The Morgan fingerprint density at radius 1 is 1.17 bits per heavy atom. The molecule has 0 aliphatic carbocycles. The van der Waals surface area contributed by atoms with Crippen molar-refractivity contribution < 1.29 is 22.7 Å². The fraction of sp³-hybridized carbons (Fsp3) is 0.100. The van der Waals surface area contributed by atoms with Gasteiger partial charge in [-0.2, -0.15) is 0 Å². The molecule has 0 unspecified atom stereocenters. The zero-order chi connectivity index (χ0) is 21.5. The lowest BCUT2D eigenvalue weighted by Crippen LogP contribution is -2.14. The van der Waals surface area contributed by atoms with E-state index in [2.05, 4.69) is 14.7 Å². The van der Waals surface area contributed by atoms with E-state index in [4.69, 9.17) is 5.11 Å². The minimum absolute atomic E-state index is 0.124. The largest absolute Gasteiger partial charge is 0.481 e.